The second kappa shape index (κ2) is 22.4. The number of ether oxygens (including phenoxy) is 3. The number of fused-ring (bicyclic) bond motifs is 5. The minimum Gasteiger partial charge on any atom is -0.449 e. The van der Waals surface area contributed by atoms with Gasteiger partial charge in [-0.05, 0) is 46.0 Å². The molecule has 0 saturated carbocycles. The van der Waals surface area contributed by atoms with Gasteiger partial charge < -0.3 is 45.7 Å². The summed E-state index contributed by atoms with van der Waals surface area (Å²) in [6.07, 6.45) is -0.684. The van der Waals surface area contributed by atoms with Crippen molar-refractivity contribution in [2.24, 2.45) is 0 Å². The van der Waals surface area contributed by atoms with Crippen LogP contribution in [0.4, 0.5) is 10.5 Å². The van der Waals surface area contributed by atoms with E-state index in [0.29, 0.717) is 6.54 Å². The number of benzene rings is 4. The Hall–Kier alpha value is -7.02. The predicted octanol–water partition coefficient (Wildman–Crippen LogP) is 2.75. The number of anilines is 1. The molecule has 15 heteroatoms. The van der Waals surface area contributed by atoms with E-state index in [1.807, 2.05) is 97.1 Å². The number of rotatable bonds is 20. The Labute approximate surface area is 353 Å². The lowest BCUT2D eigenvalue weighted by atomic mass is 9.98. The second-order valence-corrected chi connectivity index (χ2v) is 14.1. The predicted molar refractivity (Wildman–Crippen MR) is 226 cm³/mol. The van der Waals surface area contributed by atoms with E-state index in [4.69, 9.17) is 14.2 Å². The van der Waals surface area contributed by atoms with Gasteiger partial charge in [0.25, 0.3) is 0 Å². The van der Waals surface area contributed by atoms with Gasteiger partial charge in [-0.25, -0.2) is 4.79 Å². The van der Waals surface area contributed by atoms with Crippen molar-refractivity contribution in [3.63, 3.8) is 0 Å². The highest BCUT2D eigenvalue weighted by atomic mass is 16.5. The van der Waals surface area contributed by atoms with Crippen LogP contribution in [0, 0.1) is 11.8 Å². The van der Waals surface area contributed by atoms with Crippen molar-refractivity contribution in [2.75, 3.05) is 70.7 Å². The van der Waals surface area contributed by atoms with Gasteiger partial charge in [0.15, 0.2) is 0 Å². The van der Waals surface area contributed by atoms with Crippen molar-refractivity contribution in [3.8, 4) is 23.0 Å². The monoisotopic (exact) mass is 828 g/mol. The van der Waals surface area contributed by atoms with Gasteiger partial charge >= 0.3 is 6.09 Å². The standard InChI is InChI=1S/C46H48N6O9/c53-41(19-20-45(57)52-30-34-11-2-1-9-32(34)17-18-33-10-3-8-16-40(33)52)47-21-23-59-25-26-60-24-22-48-42(54)27-49-43(55)28-50-44(56)29-51-46(58)61-31-39-37-14-6-4-12-35(37)36-13-5-7-15-38(36)39/h1-16,39H,19-31H2,(H,47,53)(H,48,54)(H,49,55)(H,50,56)(H,51,58). The number of nitrogens with one attached hydrogen (secondary N) is 5. The molecule has 6 amide bonds. The highest BCUT2D eigenvalue weighted by Crippen LogP contribution is 2.44. The summed E-state index contributed by atoms with van der Waals surface area (Å²) in [4.78, 5) is 76.2. The van der Waals surface area contributed by atoms with Gasteiger partial charge in [0.1, 0.15) is 13.2 Å². The Kier molecular flexibility index (Phi) is 16.0. The molecule has 0 saturated heterocycles. The van der Waals surface area contributed by atoms with E-state index in [1.54, 1.807) is 4.90 Å². The number of amides is 6. The number of alkyl carbamates (subject to hydrolysis) is 1. The van der Waals surface area contributed by atoms with Gasteiger partial charge in [0.05, 0.1) is 51.7 Å². The van der Waals surface area contributed by atoms with Crippen LogP contribution in [0.1, 0.15) is 46.6 Å². The molecule has 0 atom stereocenters. The maximum Gasteiger partial charge on any atom is 0.407 e. The average Bonchev–Trinajstić information content (AvgIpc) is 3.60. The number of carbonyl (C=O) groups excluding carboxylic acids is 6. The van der Waals surface area contributed by atoms with Crippen molar-refractivity contribution >= 4 is 41.3 Å². The molecule has 0 unspecified atom stereocenters. The molecule has 4 aromatic rings. The average molecular weight is 829 g/mol. The molecule has 6 rings (SSSR count). The van der Waals surface area contributed by atoms with Gasteiger partial charge in [0.2, 0.25) is 29.5 Å². The van der Waals surface area contributed by atoms with Crippen molar-refractivity contribution in [2.45, 2.75) is 25.3 Å². The summed E-state index contributed by atoms with van der Waals surface area (Å²) < 4.78 is 16.4. The SMILES string of the molecule is O=C(CCC(=O)N1Cc2ccccc2C#Cc2ccccc21)NCCOCCOCCNC(=O)CNC(=O)CNC(=O)CNC(=O)OCC1c2ccccc2-c2ccccc21. The number of para-hydroxylation sites is 1. The van der Waals surface area contributed by atoms with Crippen molar-refractivity contribution in [1.29, 1.82) is 0 Å². The van der Waals surface area contributed by atoms with Crippen LogP contribution in [0.25, 0.3) is 11.1 Å². The van der Waals surface area contributed by atoms with Crippen molar-refractivity contribution in [1.82, 2.24) is 26.6 Å². The molecule has 1 aliphatic heterocycles. The lowest BCUT2D eigenvalue weighted by Gasteiger charge is -2.26. The van der Waals surface area contributed by atoms with Crippen LogP contribution in [0.5, 0.6) is 0 Å². The first-order valence-corrected chi connectivity index (χ1v) is 20.1. The molecule has 1 heterocycles. The Morgan fingerprint density at radius 1 is 0.557 bits per heavy atom. The fourth-order valence-corrected chi connectivity index (χ4v) is 6.85. The van der Waals surface area contributed by atoms with Gasteiger partial charge in [-0.1, -0.05) is 90.7 Å². The largest absolute Gasteiger partial charge is 0.449 e. The van der Waals surface area contributed by atoms with E-state index in [9.17, 15) is 28.8 Å². The molecule has 0 aromatic heterocycles. The van der Waals surface area contributed by atoms with Gasteiger partial charge in [-0.15, -0.1) is 0 Å². The first-order valence-electron chi connectivity index (χ1n) is 20.1. The molecule has 0 bridgehead atoms. The maximum atomic E-state index is 13.3. The zero-order chi connectivity index (χ0) is 42.8. The first kappa shape index (κ1) is 43.6. The fraction of sp³-hybridized carbons (Fsp3) is 0.304. The van der Waals surface area contributed by atoms with Crippen LogP contribution >= 0.6 is 0 Å². The van der Waals surface area contributed by atoms with Crippen LogP contribution in [0.2, 0.25) is 0 Å². The lowest BCUT2D eigenvalue weighted by molar-refractivity contribution is -0.127. The van der Waals surface area contributed by atoms with Crippen LogP contribution in [0.3, 0.4) is 0 Å². The Balaban J connectivity index is 0.739. The smallest absolute Gasteiger partial charge is 0.407 e. The molecule has 316 valence electrons. The molecule has 0 spiro atoms. The molecule has 5 N–H and O–H groups in total. The summed E-state index contributed by atoms with van der Waals surface area (Å²) in [6.45, 7) is 0.852. The maximum absolute atomic E-state index is 13.3. The second-order valence-electron chi connectivity index (χ2n) is 14.1. The molecule has 1 aliphatic carbocycles. The summed E-state index contributed by atoms with van der Waals surface area (Å²) in [5, 5.41) is 12.6. The number of carbonyl (C=O) groups is 6. The van der Waals surface area contributed by atoms with Crippen molar-refractivity contribution in [3.05, 3.63) is 125 Å². The van der Waals surface area contributed by atoms with Crippen LogP contribution in [-0.2, 0) is 44.7 Å². The molecule has 0 fully saturated rings. The van der Waals surface area contributed by atoms with E-state index in [1.165, 1.54) is 0 Å². The third-order valence-electron chi connectivity index (χ3n) is 9.88. The minimum absolute atomic E-state index is 0.0329. The Morgan fingerprint density at radius 2 is 1.08 bits per heavy atom. The van der Waals surface area contributed by atoms with Gasteiger partial charge in [-0.3, -0.25) is 24.0 Å². The first-order chi connectivity index (χ1) is 29.8. The summed E-state index contributed by atoms with van der Waals surface area (Å²) in [7, 11) is 0. The molecule has 15 nitrogen and oxygen atoms in total. The molecular formula is C46H48N6O9. The zero-order valence-corrected chi connectivity index (χ0v) is 33.6. The van der Waals surface area contributed by atoms with Crippen molar-refractivity contribution < 1.29 is 43.0 Å². The fourth-order valence-electron chi connectivity index (χ4n) is 6.85. The van der Waals surface area contributed by atoms with E-state index in [2.05, 4.69) is 38.4 Å². The van der Waals surface area contributed by atoms with Crippen LogP contribution in [0.15, 0.2) is 97.1 Å². The Morgan fingerprint density at radius 3 is 1.75 bits per heavy atom. The summed E-state index contributed by atoms with van der Waals surface area (Å²) in [5.41, 5.74) is 7.63. The van der Waals surface area contributed by atoms with E-state index < -0.39 is 30.4 Å². The summed E-state index contributed by atoms with van der Waals surface area (Å²) >= 11 is 0. The van der Waals surface area contributed by atoms with E-state index in [-0.39, 0.29) is 89.8 Å². The molecular weight excluding hydrogens is 781 g/mol. The van der Waals surface area contributed by atoms with E-state index in [0.717, 1.165) is 44.6 Å². The minimum atomic E-state index is -0.757. The zero-order valence-electron chi connectivity index (χ0n) is 33.6. The van der Waals surface area contributed by atoms with Gasteiger partial charge in [-0.2, -0.15) is 0 Å². The highest BCUT2D eigenvalue weighted by molar-refractivity contribution is 5.97. The number of hydrogen-bond donors (Lipinski definition) is 5. The highest BCUT2D eigenvalue weighted by Gasteiger charge is 2.29. The lowest BCUT2D eigenvalue weighted by Crippen LogP contribution is -2.44. The molecule has 4 aromatic carbocycles. The normalized spacial score (nSPS) is 12.1. The van der Waals surface area contributed by atoms with Gasteiger partial charge in [0, 0.05) is 43.0 Å². The summed E-state index contributed by atoms with van der Waals surface area (Å²) in [5.74, 6) is 4.19. The third kappa shape index (κ3) is 12.7. The number of hydrogen-bond acceptors (Lipinski definition) is 9. The molecule has 61 heavy (non-hydrogen) atoms. The van der Waals surface area contributed by atoms with Crippen LogP contribution < -0.4 is 31.5 Å². The molecule has 2 aliphatic rings. The van der Waals surface area contributed by atoms with E-state index >= 15 is 0 Å². The third-order valence-corrected chi connectivity index (χ3v) is 9.88. The topological polar surface area (TPSA) is 193 Å². The Bertz CT molecular complexity index is 2240. The number of nitrogens with zero attached hydrogens (tertiary/aromatic N) is 1. The van der Waals surface area contributed by atoms with Crippen LogP contribution in [-0.4, -0.2) is 101 Å². The molecule has 0 radical (unpaired) electrons. The summed E-state index contributed by atoms with van der Waals surface area (Å²) in [6, 6.07) is 31.1. The quantitative estimate of drug-likeness (QED) is 0.0659.